The molecule has 0 aliphatic rings. The Morgan fingerprint density at radius 1 is 1.20 bits per heavy atom. The summed E-state index contributed by atoms with van der Waals surface area (Å²) in [6, 6.07) is 9.45. The molecule has 0 spiro atoms. The molecule has 2 amide bonds. The summed E-state index contributed by atoms with van der Waals surface area (Å²) in [5, 5.41) is 20.9. The molecule has 0 aliphatic heterocycles. The Kier molecular flexibility index (Phi) is 7.97. The van der Waals surface area contributed by atoms with Crippen LogP contribution >= 0.6 is 0 Å². The zero-order valence-electron chi connectivity index (χ0n) is 13.9. The largest absolute Gasteiger partial charge is 0.448 e. The highest BCUT2D eigenvalue weighted by Crippen LogP contribution is 2.14. The maximum Gasteiger partial charge on any atom is 0.426 e. The lowest BCUT2D eigenvalue weighted by molar-refractivity contribution is 0.0907. The van der Waals surface area contributed by atoms with Crippen molar-refractivity contribution in [3.8, 4) is 12.1 Å². The first-order valence-corrected chi connectivity index (χ1v) is 7.44. The predicted octanol–water partition coefficient (Wildman–Crippen LogP) is 1.92. The molecule has 3 N–H and O–H groups in total. The monoisotopic (exact) mass is 342 g/mol. The zero-order valence-corrected chi connectivity index (χ0v) is 13.9. The summed E-state index contributed by atoms with van der Waals surface area (Å²) in [7, 11) is 0. The van der Waals surface area contributed by atoms with Crippen molar-refractivity contribution in [3.63, 3.8) is 0 Å². The van der Waals surface area contributed by atoms with E-state index in [0.717, 1.165) is 0 Å². The van der Waals surface area contributed by atoms with Crippen LogP contribution in [0.2, 0.25) is 0 Å². The number of hydrazone groups is 1. The van der Waals surface area contributed by atoms with Gasteiger partial charge in [0.1, 0.15) is 12.1 Å². The number of nitriles is 2. The quantitative estimate of drug-likeness (QED) is 0.533. The minimum absolute atomic E-state index is 0.156. The second-order valence-corrected chi connectivity index (χ2v) is 5.24. The van der Waals surface area contributed by atoms with Gasteiger partial charge in [-0.3, -0.25) is 15.6 Å². The molecule has 0 bridgehead atoms. The van der Waals surface area contributed by atoms with Crippen molar-refractivity contribution in [1.29, 1.82) is 10.5 Å². The number of benzene rings is 1. The summed E-state index contributed by atoms with van der Waals surface area (Å²) in [4.78, 5) is 23.6. The average Bonchev–Trinajstić information content (AvgIpc) is 2.60. The van der Waals surface area contributed by atoms with E-state index in [0.29, 0.717) is 12.3 Å². The fraction of sp³-hybridized carbons (Fsp3) is 0.312. The van der Waals surface area contributed by atoms with Gasteiger partial charge in [-0.2, -0.15) is 15.6 Å². The summed E-state index contributed by atoms with van der Waals surface area (Å²) in [6.45, 7) is 4.25. The van der Waals surface area contributed by atoms with E-state index >= 15 is 0 Å². The minimum Gasteiger partial charge on any atom is -0.448 e. The number of hydrogen-bond donors (Lipinski definition) is 3. The normalized spacial score (nSPS) is 9.32. The van der Waals surface area contributed by atoms with Gasteiger partial charge in [0.05, 0.1) is 17.9 Å². The molecular weight excluding hydrogens is 324 g/mol. The lowest BCUT2D eigenvalue weighted by Crippen LogP contribution is -2.42. The van der Waals surface area contributed by atoms with Crippen LogP contribution in [0.5, 0.6) is 0 Å². The van der Waals surface area contributed by atoms with Crippen LogP contribution in [-0.4, -0.2) is 24.3 Å². The fourth-order valence-electron chi connectivity index (χ4n) is 1.57. The van der Waals surface area contributed by atoms with E-state index in [2.05, 4.69) is 21.4 Å². The van der Waals surface area contributed by atoms with Gasteiger partial charge >= 0.3 is 6.09 Å². The predicted molar refractivity (Wildman–Crippen MR) is 90.1 cm³/mol. The third-order valence-electron chi connectivity index (χ3n) is 2.88. The van der Waals surface area contributed by atoms with Gasteiger partial charge in [0, 0.05) is 0 Å². The second-order valence-electron chi connectivity index (χ2n) is 5.24. The summed E-state index contributed by atoms with van der Waals surface area (Å²) in [6.07, 6.45) is -0.0552. The highest BCUT2D eigenvalue weighted by molar-refractivity contribution is 6.10. The smallest absolute Gasteiger partial charge is 0.426 e. The number of para-hydroxylation sites is 1. The first-order chi connectivity index (χ1) is 12.0. The van der Waals surface area contributed by atoms with Gasteiger partial charge in [0.15, 0.2) is 0 Å². The number of hydrogen-bond acceptors (Lipinski definition) is 7. The Labute approximate surface area is 145 Å². The van der Waals surface area contributed by atoms with Crippen LogP contribution in [0, 0.1) is 28.6 Å². The number of anilines is 1. The van der Waals surface area contributed by atoms with Crippen LogP contribution in [0.15, 0.2) is 29.4 Å². The van der Waals surface area contributed by atoms with Crippen LogP contribution in [-0.2, 0) is 4.74 Å². The zero-order chi connectivity index (χ0) is 18.7. The first kappa shape index (κ1) is 19.5. The van der Waals surface area contributed by atoms with Crippen molar-refractivity contribution in [2.75, 3.05) is 12.0 Å². The number of amides is 2. The molecule has 9 nitrogen and oxygen atoms in total. The molecule has 1 rings (SSSR count). The molecule has 9 heteroatoms. The minimum atomic E-state index is -0.770. The van der Waals surface area contributed by atoms with E-state index in [9.17, 15) is 9.59 Å². The van der Waals surface area contributed by atoms with Gasteiger partial charge in [-0.25, -0.2) is 10.2 Å². The second kappa shape index (κ2) is 10.2. The Morgan fingerprint density at radius 2 is 1.88 bits per heavy atom. The molecule has 0 unspecified atom stereocenters. The summed E-state index contributed by atoms with van der Waals surface area (Å²) in [5.41, 5.74) is 6.85. The number of carbonyl (C=O) groups excluding carboxylic acids is 2. The van der Waals surface area contributed by atoms with E-state index < -0.39 is 12.0 Å². The Morgan fingerprint density at radius 3 is 2.52 bits per heavy atom. The number of carbonyl (C=O) groups is 2. The summed E-state index contributed by atoms with van der Waals surface area (Å²) < 4.78 is 4.90. The Bertz CT molecular complexity index is 714. The summed E-state index contributed by atoms with van der Waals surface area (Å²) in [5.74, 6) is -0.220. The van der Waals surface area contributed by atoms with E-state index in [4.69, 9.17) is 15.3 Å². The molecule has 0 saturated carbocycles. The molecule has 0 radical (unpaired) electrons. The van der Waals surface area contributed by atoms with Crippen molar-refractivity contribution < 1.29 is 14.3 Å². The van der Waals surface area contributed by atoms with Crippen LogP contribution < -0.4 is 16.3 Å². The molecule has 25 heavy (non-hydrogen) atoms. The summed E-state index contributed by atoms with van der Waals surface area (Å²) >= 11 is 0. The molecule has 1 aromatic carbocycles. The lowest BCUT2D eigenvalue weighted by atomic mass is 10.1. The molecule has 0 heterocycles. The van der Waals surface area contributed by atoms with Crippen molar-refractivity contribution in [1.82, 2.24) is 10.9 Å². The molecule has 130 valence electrons. The highest BCUT2D eigenvalue weighted by atomic mass is 16.6. The highest BCUT2D eigenvalue weighted by Gasteiger charge is 2.12. The van der Waals surface area contributed by atoms with Crippen LogP contribution in [0.4, 0.5) is 10.5 Å². The topological polar surface area (TPSA) is 139 Å². The molecule has 1 aromatic rings. The van der Waals surface area contributed by atoms with Gasteiger partial charge in [-0.05, 0) is 24.5 Å². The number of nitrogens with zero attached hydrogens (tertiary/aromatic N) is 3. The van der Waals surface area contributed by atoms with Crippen molar-refractivity contribution in [2.45, 2.75) is 20.3 Å². The molecule has 0 aliphatic carbocycles. The van der Waals surface area contributed by atoms with Crippen LogP contribution in [0.25, 0.3) is 0 Å². The number of hydrazine groups is 1. The Hall–Kier alpha value is -3.59. The molecule has 0 fully saturated rings. The number of nitrogens with one attached hydrogen (secondary N) is 3. The molecule has 0 atom stereocenters. The van der Waals surface area contributed by atoms with E-state index in [1.165, 1.54) is 12.1 Å². The van der Waals surface area contributed by atoms with Crippen LogP contribution in [0.1, 0.15) is 30.6 Å². The molecule has 0 aromatic heterocycles. The van der Waals surface area contributed by atoms with E-state index in [1.54, 1.807) is 24.3 Å². The third kappa shape index (κ3) is 7.01. The Balaban J connectivity index is 2.64. The fourth-order valence-corrected chi connectivity index (χ4v) is 1.57. The van der Waals surface area contributed by atoms with Gasteiger partial charge in [0.25, 0.3) is 5.91 Å². The van der Waals surface area contributed by atoms with E-state index in [-0.39, 0.29) is 23.6 Å². The standard InChI is InChI=1S/C16H18N6O3/c1-11(2)7-8-25-16(24)22-21-15(23)13-5-3-4-6-14(13)20-19-12(9-17)10-18/h3-6,11,20H,7-8H2,1-2H3,(H,21,23)(H,22,24). The maximum atomic E-state index is 12.1. The number of rotatable bonds is 6. The van der Waals surface area contributed by atoms with Crippen molar-refractivity contribution in [2.24, 2.45) is 11.0 Å². The molecular formula is C16H18N6O3. The van der Waals surface area contributed by atoms with Gasteiger partial charge in [0.2, 0.25) is 5.71 Å². The SMILES string of the molecule is CC(C)CCOC(=O)NNC(=O)c1ccccc1NN=C(C#N)C#N. The van der Waals surface area contributed by atoms with Gasteiger partial charge in [-0.15, -0.1) is 0 Å². The van der Waals surface area contributed by atoms with Gasteiger partial charge < -0.3 is 4.74 Å². The van der Waals surface area contributed by atoms with Crippen LogP contribution in [0.3, 0.4) is 0 Å². The third-order valence-corrected chi connectivity index (χ3v) is 2.88. The molecule has 0 saturated heterocycles. The maximum absolute atomic E-state index is 12.1. The van der Waals surface area contributed by atoms with Gasteiger partial charge in [-0.1, -0.05) is 26.0 Å². The average molecular weight is 342 g/mol. The van der Waals surface area contributed by atoms with Crippen molar-refractivity contribution >= 4 is 23.4 Å². The lowest BCUT2D eigenvalue weighted by Gasteiger charge is -2.11. The van der Waals surface area contributed by atoms with E-state index in [1.807, 2.05) is 13.8 Å². The number of ether oxygens (including phenoxy) is 1. The first-order valence-electron chi connectivity index (χ1n) is 7.44. The van der Waals surface area contributed by atoms with Crippen molar-refractivity contribution in [3.05, 3.63) is 29.8 Å².